The van der Waals surface area contributed by atoms with Crippen molar-refractivity contribution in [1.29, 1.82) is 0 Å². The highest BCUT2D eigenvalue weighted by atomic mass is 80.0. The standard InChI is InChI=1S/C17H11Br3N2O2/c18-17(19,20)16-15(11-3-7-13(24)8-4-11)21-9-14(22-16)10-1-5-12(23)6-2-10/h1-9,23-24H. The molecule has 24 heavy (non-hydrogen) atoms. The van der Waals surface area contributed by atoms with Gasteiger partial charge in [-0.15, -0.1) is 0 Å². The molecular weight excluding hydrogens is 504 g/mol. The second-order valence-corrected chi connectivity index (χ2v) is 11.8. The molecule has 2 aromatic carbocycles. The van der Waals surface area contributed by atoms with Gasteiger partial charge in [0.2, 0.25) is 0 Å². The largest absolute Gasteiger partial charge is 0.508 e. The van der Waals surface area contributed by atoms with Crippen LogP contribution in [-0.2, 0) is 2.14 Å². The number of halogens is 3. The zero-order valence-corrected chi connectivity index (χ0v) is 16.9. The van der Waals surface area contributed by atoms with Crippen molar-refractivity contribution in [3.05, 3.63) is 60.4 Å². The number of alkyl halides is 3. The van der Waals surface area contributed by atoms with E-state index in [1.165, 1.54) is 0 Å². The van der Waals surface area contributed by atoms with Crippen LogP contribution in [0.1, 0.15) is 5.69 Å². The average Bonchev–Trinajstić information content (AvgIpc) is 2.55. The number of phenolic OH excluding ortho intramolecular Hbond substituents is 2. The molecule has 0 aliphatic rings. The number of phenols is 2. The molecule has 3 rings (SSSR count). The maximum absolute atomic E-state index is 9.46. The van der Waals surface area contributed by atoms with Gasteiger partial charge in [0.25, 0.3) is 0 Å². The van der Waals surface area contributed by atoms with Gasteiger partial charge >= 0.3 is 0 Å². The highest BCUT2D eigenvalue weighted by Crippen LogP contribution is 2.47. The minimum absolute atomic E-state index is 0.191. The zero-order valence-electron chi connectivity index (χ0n) is 12.1. The molecule has 4 nitrogen and oxygen atoms in total. The fraction of sp³-hybridized carbons (Fsp3) is 0.0588. The number of aromatic nitrogens is 2. The molecule has 0 unspecified atom stereocenters. The molecule has 0 amide bonds. The number of hydrogen-bond acceptors (Lipinski definition) is 4. The summed E-state index contributed by atoms with van der Waals surface area (Å²) in [5.41, 5.74) is 3.66. The molecular formula is C17H11Br3N2O2. The third-order valence-electron chi connectivity index (χ3n) is 3.34. The van der Waals surface area contributed by atoms with Crippen molar-refractivity contribution in [2.45, 2.75) is 2.14 Å². The summed E-state index contributed by atoms with van der Waals surface area (Å²) in [5, 5.41) is 18.9. The Hall–Kier alpha value is -1.44. The van der Waals surface area contributed by atoms with Gasteiger partial charge in [-0.3, -0.25) is 4.98 Å². The average molecular weight is 515 g/mol. The van der Waals surface area contributed by atoms with Gasteiger partial charge in [-0.05, 0) is 48.5 Å². The van der Waals surface area contributed by atoms with Crippen molar-refractivity contribution in [3.63, 3.8) is 0 Å². The van der Waals surface area contributed by atoms with Crippen molar-refractivity contribution < 1.29 is 10.2 Å². The summed E-state index contributed by atoms with van der Waals surface area (Å²) in [4.78, 5) is 9.24. The van der Waals surface area contributed by atoms with Gasteiger partial charge in [-0.2, -0.15) is 0 Å². The lowest BCUT2D eigenvalue weighted by Crippen LogP contribution is -2.07. The van der Waals surface area contributed by atoms with Crippen LogP contribution >= 0.6 is 47.8 Å². The smallest absolute Gasteiger partial charge is 0.178 e. The van der Waals surface area contributed by atoms with Crippen molar-refractivity contribution in [2.75, 3.05) is 0 Å². The van der Waals surface area contributed by atoms with E-state index in [1.54, 1.807) is 54.7 Å². The first-order valence-corrected chi connectivity index (χ1v) is 9.25. The lowest BCUT2D eigenvalue weighted by molar-refractivity contribution is 0.475. The Balaban J connectivity index is 2.14. The van der Waals surface area contributed by atoms with Crippen molar-refractivity contribution >= 4 is 47.8 Å². The Labute approximate surface area is 164 Å². The molecule has 0 saturated carbocycles. The Kier molecular flexibility index (Phi) is 4.94. The summed E-state index contributed by atoms with van der Waals surface area (Å²) in [6.45, 7) is 0. The van der Waals surface area contributed by atoms with E-state index in [4.69, 9.17) is 4.98 Å². The van der Waals surface area contributed by atoms with Gasteiger partial charge in [-0.1, -0.05) is 47.8 Å². The number of hydrogen-bond donors (Lipinski definition) is 2. The Morgan fingerprint density at radius 3 is 1.75 bits per heavy atom. The van der Waals surface area contributed by atoms with E-state index < -0.39 is 2.14 Å². The lowest BCUT2D eigenvalue weighted by atomic mass is 10.1. The van der Waals surface area contributed by atoms with Gasteiger partial charge < -0.3 is 10.2 Å². The molecule has 1 aromatic heterocycles. The maximum atomic E-state index is 9.46. The molecule has 7 heteroatoms. The van der Waals surface area contributed by atoms with Gasteiger partial charge in [0.15, 0.2) is 2.14 Å². The van der Waals surface area contributed by atoms with Crippen LogP contribution < -0.4 is 0 Å². The Morgan fingerprint density at radius 1 is 0.750 bits per heavy atom. The van der Waals surface area contributed by atoms with Crippen molar-refractivity contribution in [2.24, 2.45) is 0 Å². The van der Waals surface area contributed by atoms with E-state index >= 15 is 0 Å². The van der Waals surface area contributed by atoms with Crippen LogP contribution in [0.5, 0.6) is 11.5 Å². The third-order valence-corrected chi connectivity index (χ3v) is 4.47. The fourth-order valence-corrected chi connectivity index (χ4v) is 3.02. The molecule has 0 fully saturated rings. The maximum Gasteiger partial charge on any atom is 0.178 e. The summed E-state index contributed by atoms with van der Waals surface area (Å²) in [6.07, 6.45) is 1.68. The molecule has 2 N–H and O–H groups in total. The SMILES string of the molecule is Oc1ccc(-c2cnc(-c3ccc(O)cc3)c(C(Br)(Br)Br)n2)cc1. The van der Waals surface area contributed by atoms with Gasteiger partial charge in [0.05, 0.1) is 17.6 Å². The zero-order chi connectivity index (χ0) is 17.3. The van der Waals surface area contributed by atoms with Gasteiger partial charge in [0.1, 0.15) is 17.2 Å². The molecule has 0 radical (unpaired) electrons. The summed E-state index contributed by atoms with van der Waals surface area (Å²) < 4.78 is -0.750. The van der Waals surface area contributed by atoms with Crippen LogP contribution in [0.25, 0.3) is 22.5 Å². The molecule has 0 spiro atoms. The second kappa shape index (κ2) is 6.82. The molecule has 0 aliphatic carbocycles. The Morgan fingerprint density at radius 2 is 1.25 bits per heavy atom. The predicted octanol–water partition coefficient (Wildman–Crippen LogP) is 5.52. The van der Waals surface area contributed by atoms with E-state index in [-0.39, 0.29) is 11.5 Å². The van der Waals surface area contributed by atoms with Crippen LogP contribution in [0, 0.1) is 0 Å². The number of benzene rings is 2. The molecule has 0 saturated heterocycles. The highest BCUT2D eigenvalue weighted by Gasteiger charge is 2.28. The van der Waals surface area contributed by atoms with E-state index in [2.05, 4.69) is 52.8 Å². The van der Waals surface area contributed by atoms with Gasteiger partial charge in [0, 0.05) is 11.1 Å². The third kappa shape index (κ3) is 3.79. The first-order valence-electron chi connectivity index (χ1n) is 6.87. The lowest BCUT2D eigenvalue weighted by Gasteiger charge is -2.17. The van der Waals surface area contributed by atoms with E-state index in [0.717, 1.165) is 11.1 Å². The summed E-state index contributed by atoms with van der Waals surface area (Å²) >= 11 is 10.5. The number of rotatable bonds is 2. The molecule has 122 valence electrons. The minimum Gasteiger partial charge on any atom is -0.508 e. The molecule has 0 atom stereocenters. The van der Waals surface area contributed by atoms with E-state index in [1.807, 2.05) is 0 Å². The first kappa shape index (κ1) is 17.4. The van der Waals surface area contributed by atoms with Crippen molar-refractivity contribution in [3.8, 4) is 34.0 Å². The van der Waals surface area contributed by atoms with Crippen LogP contribution in [0.4, 0.5) is 0 Å². The summed E-state index contributed by atoms with van der Waals surface area (Å²) in [7, 11) is 0. The van der Waals surface area contributed by atoms with E-state index in [9.17, 15) is 10.2 Å². The van der Waals surface area contributed by atoms with Gasteiger partial charge in [-0.25, -0.2) is 4.98 Å². The molecule has 3 aromatic rings. The predicted molar refractivity (Wildman–Crippen MR) is 105 cm³/mol. The van der Waals surface area contributed by atoms with Crippen LogP contribution in [-0.4, -0.2) is 20.2 Å². The fourth-order valence-electron chi connectivity index (χ4n) is 2.19. The monoisotopic (exact) mass is 512 g/mol. The highest BCUT2D eigenvalue weighted by molar-refractivity contribution is 9.38. The first-order chi connectivity index (χ1) is 11.3. The van der Waals surface area contributed by atoms with Crippen LogP contribution in [0.15, 0.2) is 54.7 Å². The quantitative estimate of drug-likeness (QED) is 0.442. The van der Waals surface area contributed by atoms with Crippen LogP contribution in [0.3, 0.4) is 0 Å². The topological polar surface area (TPSA) is 66.2 Å². The summed E-state index contributed by atoms with van der Waals surface area (Å²) in [6, 6.07) is 13.5. The molecule has 1 heterocycles. The minimum atomic E-state index is -0.750. The number of nitrogens with zero attached hydrogens (tertiary/aromatic N) is 2. The number of aromatic hydroxyl groups is 2. The van der Waals surface area contributed by atoms with Crippen LogP contribution in [0.2, 0.25) is 0 Å². The molecule has 0 bridgehead atoms. The van der Waals surface area contributed by atoms with E-state index in [0.29, 0.717) is 17.1 Å². The Bertz CT molecular complexity index is 860. The molecule has 0 aliphatic heterocycles. The second-order valence-electron chi connectivity index (χ2n) is 5.04. The normalized spacial score (nSPS) is 11.5. The summed E-state index contributed by atoms with van der Waals surface area (Å²) in [5.74, 6) is 0.389. The van der Waals surface area contributed by atoms with Crippen molar-refractivity contribution in [1.82, 2.24) is 9.97 Å².